The highest BCUT2D eigenvalue weighted by molar-refractivity contribution is 5.97. The molecule has 34 heavy (non-hydrogen) atoms. The first-order valence-corrected chi connectivity index (χ1v) is 11.0. The third-order valence-corrected chi connectivity index (χ3v) is 5.82. The van der Waals surface area contributed by atoms with Crippen LogP contribution in [0.2, 0.25) is 0 Å². The summed E-state index contributed by atoms with van der Waals surface area (Å²) < 4.78 is 5.56. The van der Waals surface area contributed by atoms with Crippen molar-refractivity contribution in [2.45, 2.75) is 25.8 Å². The minimum atomic E-state index is -1.16. The van der Waals surface area contributed by atoms with Gasteiger partial charge in [-0.05, 0) is 40.3 Å². The van der Waals surface area contributed by atoms with Gasteiger partial charge in [0.25, 0.3) is 0 Å². The average molecular weight is 460 g/mol. The number of hydrogen-bond acceptors (Lipinski definition) is 5. The van der Waals surface area contributed by atoms with Crippen molar-refractivity contribution < 1.29 is 24.2 Å². The van der Waals surface area contributed by atoms with E-state index in [1.165, 1.54) is 18.3 Å². The number of benzene rings is 2. The van der Waals surface area contributed by atoms with Gasteiger partial charge < -0.3 is 20.5 Å². The number of carbonyl (C=O) groups is 3. The summed E-state index contributed by atoms with van der Waals surface area (Å²) >= 11 is 0. The molecule has 4 rings (SSSR count). The van der Waals surface area contributed by atoms with Crippen molar-refractivity contribution in [1.82, 2.24) is 10.3 Å². The molecule has 0 unspecified atom stereocenters. The fourth-order valence-corrected chi connectivity index (χ4v) is 4.12. The van der Waals surface area contributed by atoms with Gasteiger partial charge >= 0.3 is 12.1 Å². The fourth-order valence-electron chi connectivity index (χ4n) is 4.12. The molecule has 0 saturated carbocycles. The largest absolute Gasteiger partial charge is 0.477 e. The van der Waals surface area contributed by atoms with Crippen LogP contribution in [0.5, 0.6) is 0 Å². The fraction of sp³-hybridized carbons (Fsp3) is 0.231. The zero-order valence-electron chi connectivity index (χ0n) is 18.8. The number of carbonyl (C=O) groups excluding carboxylic acids is 2. The van der Waals surface area contributed by atoms with Gasteiger partial charge in [0.15, 0.2) is 0 Å². The minimum Gasteiger partial charge on any atom is -0.477 e. The Bertz CT molecular complexity index is 1180. The van der Waals surface area contributed by atoms with E-state index in [0.29, 0.717) is 5.69 Å². The predicted octanol–water partition coefficient (Wildman–Crippen LogP) is 4.28. The van der Waals surface area contributed by atoms with E-state index in [2.05, 4.69) is 27.8 Å². The summed E-state index contributed by atoms with van der Waals surface area (Å²) in [7, 11) is 0. The number of carboxylic acid groups (broad SMARTS) is 1. The first-order chi connectivity index (χ1) is 16.3. The van der Waals surface area contributed by atoms with Crippen LogP contribution in [0.1, 0.15) is 41.4 Å². The topological polar surface area (TPSA) is 118 Å². The molecule has 1 aromatic heterocycles. The highest BCUT2D eigenvalue weighted by Gasteiger charge is 2.30. The Balaban J connectivity index is 1.40. The number of aromatic nitrogens is 1. The number of hydrogen-bond donors (Lipinski definition) is 3. The third-order valence-electron chi connectivity index (χ3n) is 5.82. The van der Waals surface area contributed by atoms with Gasteiger partial charge in [0.2, 0.25) is 5.91 Å². The number of nitrogens with zero attached hydrogens (tertiary/aromatic N) is 1. The monoisotopic (exact) mass is 459 g/mol. The van der Waals surface area contributed by atoms with Crippen LogP contribution in [0.25, 0.3) is 11.1 Å². The van der Waals surface area contributed by atoms with E-state index in [9.17, 15) is 14.4 Å². The number of aromatic carboxylic acids is 1. The van der Waals surface area contributed by atoms with E-state index in [0.717, 1.165) is 22.3 Å². The number of rotatable bonds is 7. The van der Waals surface area contributed by atoms with Crippen LogP contribution < -0.4 is 10.6 Å². The van der Waals surface area contributed by atoms with Crippen LogP contribution in [0, 0.1) is 5.92 Å². The molecule has 174 valence electrons. The molecule has 3 N–H and O–H groups in total. The van der Waals surface area contributed by atoms with Crippen molar-refractivity contribution in [3.05, 3.63) is 83.7 Å². The summed E-state index contributed by atoms with van der Waals surface area (Å²) in [6.07, 6.45) is 0.571. The Morgan fingerprint density at radius 2 is 1.59 bits per heavy atom. The number of alkyl carbamates (subject to hydrolysis) is 1. The van der Waals surface area contributed by atoms with Crippen molar-refractivity contribution in [3.8, 4) is 11.1 Å². The molecule has 8 nitrogen and oxygen atoms in total. The lowest BCUT2D eigenvalue weighted by molar-refractivity contribution is -0.119. The van der Waals surface area contributed by atoms with E-state index in [1.807, 2.05) is 36.4 Å². The van der Waals surface area contributed by atoms with Gasteiger partial charge in [0, 0.05) is 5.92 Å². The van der Waals surface area contributed by atoms with E-state index >= 15 is 0 Å². The Labute approximate surface area is 197 Å². The summed E-state index contributed by atoms with van der Waals surface area (Å²) in [6, 6.07) is 18.0. The Hall–Kier alpha value is -4.20. The van der Waals surface area contributed by atoms with Crippen molar-refractivity contribution in [2.75, 3.05) is 11.9 Å². The second kappa shape index (κ2) is 9.74. The van der Waals surface area contributed by atoms with Gasteiger partial charge in [0.1, 0.15) is 18.3 Å². The lowest BCUT2D eigenvalue weighted by Crippen LogP contribution is -2.47. The van der Waals surface area contributed by atoms with E-state index in [-0.39, 0.29) is 24.1 Å². The second-order valence-corrected chi connectivity index (χ2v) is 8.42. The Kier molecular flexibility index (Phi) is 6.58. The lowest BCUT2D eigenvalue weighted by atomic mass is 9.98. The standard InChI is InChI=1S/C26H25N3O5/c1-15(2)23(24(30)28-16-11-12-22(25(31)32)27-13-16)29-26(33)34-14-21-19-9-5-3-7-17(19)18-8-4-6-10-20(18)21/h3-13,15,21,23H,14H2,1-2H3,(H,28,30)(H,29,33)(H,31,32)/t23-/m1/s1. The van der Waals surface area contributed by atoms with Gasteiger partial charge in [0.05, 0.1) is 11.9 Å². The van der Waals surface area contributed by atoms with Gasteiger partial charge in [-0.15, -0.1) is 0 Å². The molecule has 1 aliphatic rings. The number of anilines is 1. The summed E-state index contributed by atoms with van der Waals surface area (Å²) in [5.41, 5.74) is 4.67. The smallest absolute Gasteiger partial charge is 0.407 e. The molecule has 0 saturated heterocycles. The number of carboxylic acids is 1. The molecule has 2 aromatic carbocycles. The molecule has 1 atom stereocenters. The Morgan fingerprint density at radius 1 is 0.971 bits per heavy atom. The molecule has 2 amide bonds. The van der Waals surface area contributed by atoms with Crippen LogP contribution in [0.3, 0.4) is 0 Å². The van der Waals surface area contributed by atoms with Crippen molar-refractivity contribution in [1.29, 1.82) is 0 Å². The third kappa shape index (κ3) is 4.76. The summed E-state index contributed by atoms with van der Waals surface area (Å²) in [4.78, 5) is 40.1. The maximum absolute atomic E-state index is 12.8. The van der Waals surface area contributed by atoms with E-state index in [4.69, 9.17) is 9.84 Å². The zero-order chi connectivity index (χ0) is 24.2. The van der Waals surface area contributed by atoms with Gasteiger partial charge in [-0.3, -0.25) is 4.79 Å². The quantitative estimate of drug-likeness (QED) is 0.485. The van der Waals surface area contributed by atoms with E-state index < -0.39 is 24.0 Å². The molecule has 3 aromatic rings. The molecule has 0 fully saturated rings. The number of amides is 2. The van der Waals surface area contributed by atoms with Crippen LogP contribution in [0.4, 0.5) is 10.5 Å². The molecule has 0 bridgehead atoms. The summed E-state index contributed by atoms with van der Waals surface area (Å²) in [5.74, 6) is -1.90. The normalized spacial score (nSPS) is 13.0. The first-order valence-electron chi connectivity index (χ1n) is 11.0. The number of pyridine rings is 1. The predicted molar refractivity (Wildman–Crippen MR) is 127 cm³/mol. The molecular weight excluding hydrogens is 434 g/mol. The average Bonchev–Trinajstić information content (AvgIpc) is 3.15. The molecule has 1 aliphatic carbocycles. The molecule has 8 heteroatoms. The number of fused-ring (bicyclic) bond motifs is 3. The SMILES string of the molecule is CC(C)[C@@H](NC(=O)OCC1c2ccccc2-c2ccccc21)C(=O)Nc1ccc(C(=O)O)nc1. The van der Waals surface area contributed by atoms with Gasteiger partial charge in [-0.2, -0.15) is 0 Å². The molecule has 0 spiro atoms. The molecule has 0 aliphatic heterocycles. The minimum absolute atomic E-state index is 0.0803. The zero-order valence-corrected chi connectivity index (χ0v) is 18.8. The van der Waals surface area contributed by atoms with Crippen molar-refractivity contribution in [2.24, 2.45) is 5.92 Å². The van der Waals surface area contributed by atoms with Crippen molar-refractivity contribution >= 4 is 23.7 Å². The molecule has 1 heterocycles. The van der Waals surface area contributed by atoms with Gasteiger partial charge in [-0.25, -0.2) is 14.6 Å². The van der Waals surface area contributed by atoms with Crippen LogP contribution in [-0.4, -0.2) is 40.7 Å². The Morgan fingerprint density at radius 3 is 2.12 bits per heavy atom. The van der Waals surface area contributed by atoms with Crippen molar-refractivity contribution in [3.63, 3.8) is 0 Å². The highest BCUT2D eigenvalue weighted by Crippen LogP contribution is 2.44. The second-order valence-electron chi connectivity index (χ2n) is 8.42. The lowest BCUT2D eigenvalue weighted by Gasteiger charge is -2.22. The van der Waals surface area contributed by atoms with Gasteiger partial charge in [-0.1, -0.05) is 62.4 Å². The summed E-state index contributed by atoms with van der Waals surface area (Å²) in [5, 5.41) is 14.2. The molecular formula is C26H25N3O5. The van der Waals surface area contributed by atoms with Crippen LogP contribution >= 0.6 is 0 Å². The number of ether oxygens (including phenoxy) is 1. The number of nitrogens with one attached hydrogen (secondary N) is 2. The van der Waals surface area contributed by atoms with Crippen LogP contribution in [0.15, 0.2) is 66.9 Å². The summed E-state index contributed by atoms with van der Waals surface area (Å²) in [6.45, 7) is 3.76. The molecule has 0 radical (unpaired) electrons. The highest BCUT2D eigenvalue weighted by atomic mass is 16.5. The maximum Gasteiger partial charge on any atom is 0.407 e. The first kappa shape index (κ1) is 23.0. The maximum atomic E-state index is 12.8. The van der Waals surface area contributed by atoms with E-state index in [1.54, 1.807) is 13.8 Å². The van der Waals surface area contributed by atoms with Crippen LogP contribution in [-0.2, 0) is 9.53 Å².